The van der Waals surface area contributed by atoms with E-state index in [0.29, 0.717) is 11.8 Å². The second-order valence-electron chi connectivity index (χ2n) is 6.06. The van der Waals surface area contributed by atoms with E-state index in [1.807, 2.05) is 0 Å². The lowest BCUT2D eigenvalue weighted by Gasteiger charge is -2.25. The first kappa shape index (κ1) is 13.6. The van der Waals surface area contributed by atoms with Gasteiger partial charge in [-0.3, -0.25) is 4.79 Å². The largest absolute Gasteiger partial charge is 0.355 e. The molecule has 1 amide bonds. The van der Waals surface area contributed by atoms with E-state index in [-0.39, 0.29) is 5.91 Å². The molecular weight excluding hydrogens is 248 g/mol. The van der Waals surface area contributed by atoms with Gasteiger partial charge in [0.15, 0.2) is 0 Å². The molecule has 3 nitrogen and oxygen atoms in total. The molecule has 1 saturated carbocycles. The fraction of sp³-hybridized carbons (Fsp3) is 0.588. The second kappa shape index (κ2) is 6.40. The Bertz CT molecular complexity index is 468. The Kier molecular flexibility index (Phi) is 4.36. The monoisotopic (exact) mass is 272 g/mol. The summed E-state index contributed by atoms with van der Waals surface area (Å²) >= 11 is 0. The van der Waals surface area contributed by atoms with E-state index in [9.17, 15) is 4.79 Å². The van der Waals surface area contributed by atoms with E-state index in [4.69, 9.17) is 0 Å². The maximum atomic E-state index is 11.5. The van der Waals surface area contributed by atoms with Crippen LogP contribution in [0.4, 0.5) is 0 Å². The van der Waals surface area contributed by atoms with Crippen molar-refractivity contribution in [3.8, 4) is 0 Å². The lowest BCUT2D eigenvalue weighted by molar-refractivity contribution is -0.122. The minimum absolute atomic E-state index is 0.245. The van der Waals surface area contributed by atoms with E-state index in [1.165, 1.54) is 30.4 Å². The van der Waals surface area contributed by atoms with E-state index in [2.05, 4.69) is 34.9 Å². The zero-order valence-corrected chi connectivity index (χ0v) is 12.0. The van der Waals surface area contributed by atoms with E-state index >= 15 is 0 Å². The van der Waals surface area contributed by atoms with Crippen LogP contribution in [0.1, 0.15) is 42.7 Å². The van der Waals surface area contributed by atoms with Crippen molar-refractivity contribution >= 4 is 5.91 Å². The van der Waals surface area contributed by atoms with Crippen LogP contribution >= 0.6 is 0 Å². The highest BCUT2D eigenvalue weighted by Crippen LogP contribution is 2.30. The summed E-state index contributed by atoms with van der Waals surface area (Å²) < 4.78 is 0. The number of rotatable bonds is 6. The molecule has 0 saturated heterocycles. The third-order valence-corrected chi connectivity index (χ3v) is 4.43. The number of hydrogen-bond donors (Lipinski definition) is 2. The fourth-order valence-electron chi connectivity index (χ4n) is 3.11. The molecule has 2 aliphatic rings. The van der Waals surface area contributed by atoms with Crippen LogP contribution in [0.15, 0.2) is 24.3 Å². The number of benzene rings is 1. The zero-order valence-electron chi connectivity index (χ0n) is 12.0. The fourth-order valence-corrected chi connectivity index (χ4v) is 3.11. The quantitative estimate of drug-likeness (QED) is 0.780. The number of fused-ring (bicyclic) bond motifs is 1. The van der Waals surface area contributed by atoms with Gasteiger partial charge in [0.05, 0.1) is 0 Å². The summed E-state index contributed by atoms with van der Waals surface area (Å²) in [5, 5.41) is 6.50. The second-order valence-corrected chi connectivity index (χ2v) is 6.06. The minimum atomic E-state index is 0.245. The van der Waals surface area contributed by atoms with Crippen molar-refractivity contribution in [2.75, 3.05) is 19.6 Å². The topological polar surface area (TPSA) is 41.1 Å². The Morgan fingerprint density at radius 3 is 2.85 bits per heavy atom. The third-order valence-electron chi connectivity index (χ3n) is 4.43. The SMILES string of the molecule is O=C(NCCNCC1CCCc2ccccc21)C1CC1. The van der Waals surface area contributed by atoms with E-state index in [0.717, 1.165) is 32.5 Å². The van der Waals surface area contributed by atoms with Crippen LogP contribution in [-0.2, 0) is 11.2 Å². The molecule has 20 heavy (non-hydrogen) atoms. The van der Waals surface area contributed by atoms with Gasteiger partial charge in [-0.2, -0.15) is 0 Å². The van der Waals surface area contributed by atoms with Crippen LogP contribution in [0.3, 0.4) is 0 Å². The Labute approximate surface area is 121 Å². The predicted molar refractivity (Wildman–Crippen MR) is 80.7 cm³/mol. The molecule has 1 fully saturated rings. The van der Waals surface area contributed by atoms with Gasteiger partial charge in [0.2, 0.25) is 5.91 Å². The molecule has 0 heterocycles. The summed E-state index contributed by atoms with van der Waals surface area (Å²) in [5.41, 5.74) is 3.04. The highest BCUT2D eigenvalue weighted by atomic mass is 16.2. The van der Waals surface area contributed by atoms with Gasteiger partial charge in [0, 0.05) is 25.6 Å². The van der Waals surface area contributed by atoms with Crippen molar-refractivity contribution < 1.29 is 4.79 Å². The Morgan fingerprint density at radius 2 is 2.00 bits per heavy atom. The van der Waals surface area contributed by atoms with Crippen LogP contribution in [0.5, 0.6) is 0 Å². The number of nitrogens with one attached hydrogen (secondary N) is 2. The van der Waals surface area contributed by atoms with Gasteiger partial charge in [-0.05, 0) is 49.1 Å². The molecule has 1 atom stereocenters. The number of amides is 1. The van der Waals surface area contributed by atoms with Gasteiger partial charge in [0.25, 0.3) is 0 Å². The molecule has 0 bridgehead atoms. The summed E-state index contributed by atoms with van der Waals surface area (Å²) in [6.07, 6.45) is 5.96. The molecule has 1 aromatic carbocycles. The Hall–Kier alpha value is -1.35. The summed E-state index contributed by atoms with van der Waals surface area (Å²) in [5.74, 6) is 1.20. The number of aryl methyl sites for hydroxylation is 1. The molecular formula is C17H24N2O. The summed E-state index contributed by atoms with van der Waals surface area (Å²) in [7, 11) is 0. The molecule has 3 rings (SSSR count). The molecule has 0 aromatic heterocycles. The van der Waals surface area contributed by atoms with E-state index in [1.54, 1.807) is 0 Å². The third kappa shape index (κ3) is 3.40. The lowest BCUT2D eigenvalue weighted by Crippen LogP contribution is -2.34. The maximum Gasteiger partial charge on any atom is 0.223 e. The van der Waals surface area contributed by atoms with Gasteiger partial charge in [0.1, 0.15) is 0 Å². The van der Waals surface area contributed by atoms with Crippen LogP contribution in [-0.4, -0.2) is 25.5 Å². The summed E-state index contributed by atoms with van der Waals surface area (Å²) in [6.45, 7) is 2.65. The van der Waals surface area contributed by atoms with Crippen LogP contribution in [0, 0.1) is 5.92 Å². The van der Waals surface area contributed by atoms with Crippen molar-refractivity contribution in [2.24, 2.45) is 5.92 Å². The molecule has 0 radical (unpaired) electrons. The predicted octanol–water partition coefficient (Wildman–Crippen LogP) is 2.22. The molecule has 0 aliphatic heterocycles. The number of carbonyl (C=O) groups is 1. The lowest BCUT2D eigenvalue weighted by atomic mass is 9.83. The van der Waals surface area contributed by atoms with Gasteiger partial charge in [-0.1, -0.05) is 24.3 Å². The van der Waals surface area contributed by atoms with Gasteiger partial charge in [-0.25, -0.2) is 0 Å². The first-order valence-electron chi connectivity index (χ1n) is 7.91. The molecule has 1 unspecified atom stereocenters. The van der Waals surface area contributed by atoms with E-state index < -0.39 is 0 Å². The van der Waals surface area contributed by atoms with Gasteiger partial charge >= 0.3 is 0 Å². The summed E-state index contributed by atoms with van der Waals surface area (Å²) in [6, 6.07) is 8.82. The maximum absolute atomic E-state index is 11.5. The van der Waals surface area contributed by atoms with Gasteiger partial charge in [-0.15, -0.1) is 0 Å². The van der Waals surface area contributed by atoms with Crippen molar-refractivity contribution in [3.63, 3.8) is 0 Å². The van der Waals surface area contributed by atoms with Crippen molar-refractivity contribution in [1.29, 1.82) is 0 Å². The Balaban J connectivity index is 1.39. The zero-order chi connectivity index (χ0) is 13.8. The average molecular weight is 272 g/mol. The van der Waals surface area contributed by atoms with Crippen LogP contribution < -0.4 is 10.6 Å². The van der Waals surface area contributed by atoms with Crippen LogP contribution in [0.2, 0.25) is 0 Å². The number of hydrogen-bond acceptors (Lipinski definition) is 2. The first-order valence-corrected chi connectivity index (χ1v) is 7.91. The smallest absolute Gasteiger partial charge is 0.223 e. The minimum Gasteiger partial charge on any atom is -0.355 e. The normalized spacial score (nSPS) is 21.3. The van der Waals surface area contributed by atoms with Crippen molar-refractivity contribution in [2.45, 2.75) is 38.0 Å². The summed E-state index contributed by atoms with van der Waals surface area (Å²) in [4.78, 5) is 11.5. The highest BCUT2D eigenvalue weighted by Gasteiger charge is 2.29. The molecule has 2 N–H and O–H groups in total. The van der Waals surface area contributed by atoms with Crippen molar-refractivity contribution in [3.05, 3.63) is 35.4 Å². The highest BCUT2D eigenvalue weighted by molar-refractivity contribution is 5.80. The Morgan fingerprint density at radius 1 is 1.15 bits per heavy atom. The number of carbonyl (C=O) groups excluding carboxylic acids is 1. The molecule has 0 spiro atoms. The van der Waals surface area contributed by atoms with Crippen molar-refractivity contribution in [1.82, 2.24) is 10.6 Å². The average Bonchev–Trinajstić information content (AvgIpc) is 3.31. The molecule has 2 aliphatic carbocycles. The first-order chi connectivity index (χ1) is 9.84. The standard InChI is InChI=1S/C17H24N2O/c20-17(14-8-9-14)19-11-10-18-12-15-6-3-5-13-4-1-2-7-16(13)15/h1-2,4,7,14-15,18H,3,5-6,8-12H2,(H,19,20). The molecule has 3 heteroatoms. The molecule has 1 aromatic rings. The molecule has 108 valence electrons. The van der Waals surface area contributed by atoms with Crippen LogP contribution in [0.25, 0.3) is 0 Å². The van der Waals surface area contributed by atoms with Gasteiger partial charge < -0.3 is 10.6 Å².